The van der Waals surface area contributed by atoms with Gasteiger partial charge in [-0.2, -0.15) is 0 Å². The third-order valence-electron chi connectivity index (χ3n) is 2.92. The van der Waals surface area contributed by atoms with E-state index in [1.54, 1.807) is 7.11 Å². The van der Waals surface area contributed by atoms with E-state index in [9.17, 15) is 4.79 Å². The number of carbonyl (C=O) groups excluding carboxylic acids is 1. The molecule has 0 bridgehead atoms. The van der Waals surface area contributed by atoms with Gasteiger partial charge >= 0.3 is 0 Å². The van der Waals surface area contributed by atoms with Crippen LogP contribution in [0.3, 0.4) is 0 Å². The van der Waals surface area contributed by atoms with Crippen LogP contribution in [0.2, 0.25) is 0 Å². The van der Waals surface area contributed by atoms with Crippen LogP contribution >= 0.6 is 0 Å². The average molecular weight is 213 g/mol. The summed E-state index contributed by atoms with van der Waals surface area (Å²) < 4.78 is 4.93. The van der Waals surface area contributed by atoms with Gasteiger partial charge in [-0.3, -0.25) is 4.79 Å². The Hall–Kier alpha value is -0.570. The molecule has 1 amide bonds. The van der Waals surface area contributed by atoms with Crippen molar-refractivity contribution >= 4 is 5.91 Å². The highest BCUT2D eigenvalue weighted by atomic mass is 16.5. The molecule has 0 aliphatic heterocycles. The monoisotopic (exact) mass is 213 g/mol. The number of hydrogen-bond acceptors (Lipinski definition) is 2. The molecule has 0 aromatic rings. The van der Waals surface area contributed by atoms with Crippen molar-refractivity contribution in [1.29, 1.82) is 0 Å². The van der Waals surface area contributed by atoms with E-state index in [-0.39, 0.29) is 12.5 Å². The van der Waals surface area contributed by atoms with E-state index in [1.165, 1.54) is 25.7 Å². The number of carbonyl (C=O) groups is 1. The summed E-state index contributed by atoms with van der Waals surface area (Å²) in [4.78, 5) is 13.9. The van der Waals surface area contributed by atoms with E-state index in [1.807, 2.05) is 4.90 Å². The van der Waals surface area contributed by atoms with Crippen molar-refractivity contribution in [3.05, 3.63) is 0 Å². The topological polar surface area (TPSA) is 29.5 Å². The zero-order valence-corrected chi connectivity index (χ0v) is 10.2. The van der Waals surface area contributed by atoms with Crippen LogP contribution in [0.4, 0.5) is 0 Å². The summed E-state index contributed by atoms with van der Waals surface area (Å²) in [6, 6.07) is 0.468. The van der Waals surface area contributed by atoms with Gasteiger partial charge in [-0.15, -0.1) is 0 Å². The van der Waals surface area contributed by atoms with Crippen LogP contribution in [0.5, 0.6) is 0 Å². The minimum Gasteiger partial charge on any atom is -0.375 e. The first-order chi connectivity index (χ1) is 7.15. The van der Waals surface area contributed by atoms with Crippen molar-refractivity contribution in [2.24, 2.45) is 5.92 Å². The van der Waals surface area contributed by atoms with Crippen molar-refractivity contribution in [2.45, 2.75) is 45.6 Å². The number of nitrogens with zero attached hydrogens (tertiary/aromatic N) is 1. The van der Waals surface area contributed by atoms with Gasteiger partial charge in [0.1, 0.15) is 6.61 Å². The standard InChI is InChI=1S/C12H23NO2/c1-10(2)8-13(12(14)9-15-3)11-6-4-5-7-11/h10-11H,4-9H2,1-3H3. The molecule has 1 rings (SSSR count). The van der Waals surface area contributed by atoms with Crippen molar-refractivity contribution in [3.63, 3.8) is 0 Å². The van der Waals surface area contributed by atoms with Crippen LogP contribution in [0.1, 0.15) is 39.5 Å². The van der Waals surface area contributed by atoms with Crippen LogP contribution in [-0.4, -0.2) is 37.1 Å². The molecule has 0 unspecified atom stereocenters. The predicted octanol–water partition coefficient (Wildman–Crippen LogP) is 2.06. The molecule has 0 saturated heterocycles. The van der Waals surface area contributed by atoms with Gasteiger partial charge in [-0.1, -0.05) is 26.7 Å². The second-order valence-electron chi connectivity index (χ2n) is 4.81. The fraction of sp³-hybridized carbons (Fsp3) is 0.917. The second-order valence-corrected chi connectivity index (χ2v) is 4.81. The molecule has 0 N–H and O–H groups in total. The fourth-order valence-corrected chi connectivity index (χ4v) is 2.27. The van der Waals surface area contributed by atoms with Gasteiger partial charge < -0.3 is 9.64 Å². The summed E-state index contributed by atoms with van der Waals surface area (Å²) in [6.07, 6.45) is 4.86. The van der Waals surface area contributed by atoms with Crippen LogP contribution in [0.15, 0.2) is 0 Å². The van der Waals surface area contributed by atoms with Crippen LogP contribution in [0.25, 0.3) is 0 Å². The molecule has 1 fully saturated rings. The largest absolute Gasteiger partial charge is 0.375 e. The highest BCUT2D eigenvalue weighted by Crippen LogP contribution is 2.24. The SMILES string of the molecule is COCC(=O)N(CC(C)C)C1CCCC1. The molecule has 1 saturated carbocycles. The quantitative estimate of drug-likeness (QED) is 0.699. The smallest absolute Gasteiger partial charge is 0.248 e. The molecule has 15 heavy (non-hydrogen) atoms. The normalized spacial score (nSPS) is 17.3. The van der Waals surface area contributed by atoms with Gasteiger partial charge in [-0.25, -0.2) is 0 Å². The van der Waals surface area contributed by atoms with E-state index in [0.717, 1.165) is 6.54 Å². The Labute approximate surface area is 92.8 Å². The maximum atomic E-state index is 11.9. The van der Waals surface area contributed by atoms with Crippen molar-refractivity contribution in [2.75, 3.05) is 20.3 Å². The van der Waals surface area contributed by atoms with Crippen LogP contribution in [0, 0.1) is 5.92 Å². The van der Waals surface area contributed by atoms with Gasteiger partial charge in [0.15, 0.2) is 0 Å². The lowest BCUT2D eigenvalue weighted by molar-refractivity contribution is -0.138. The first kappa shape index (κ1) is 12.5. The van der Waals surface area contributed by atoms with Gasteiger partial charge in [0.05, 0.1) is 0 Å². The van der Waals surface area contributed by atoms with E-state index in [0.29, 0.717) is 12.0 Å². The van der Waals surface area contributed by atoms with Gasteiger partial charge in [-0.05, 0) is 18.8 Å². The van der Waals surface area contributed by atoms with Gasteiger partial charge in [0.2, 0.25) is 5.91 Å². The van der Waals surface area contributed by atoms with Crippen LogP contribution in [-0.2, 0) is 9.53 Å². The Balaban J connectivity index is 2.54. The molecule has 0 atom stereocenters. The maximum absolute atomic E-state index is 11.9. The lowest BCUT2D eigenvalue weighted by Gasteiger charge is -2.30. The third-order valence-corrected chi connectivity index (χ3v) is 2.92. The first-order valence-electron chi connectivity index (χ1n) is 5.93. The Morgan fingerprint density at radius 3 is 2.47 bits per heavy atom. The number of rotatable bonds is 5. The van der Waals surface area contributed by atoms with Crippen molar-refractivity contribution < 1.29 is 9.53 Å². The maximum Gasteiger partial charge on any atom is 0.248 e. The average Bonchev–Trinajstić information content (AvgIpc) is 2.66. The Kier molecular flexibility index (Phi) is 5.09. The molecule has 0 heterocycles. The summed E-state index contributed by atoms with van der Waals surface area (Å²) in [5, 5.41) is 0. The number of amides is 1. The molecule has 0 aromatic heterocycles. The fourth-order valence-electron chi connectivity index (χ4n) is 2.27. The summed E-state index contributed by atoms with van der Waals surface area (Å²) in [5.41, 5.74) is 0. The molecule has 88 valence electrons. The molecular formula is C12H23NO2. The Morgan fingerprint density at radius 2 is 2.00 bits per heavy atom. The Morgan fingerprint density at radius 1 is 1.40 bits per heavy atom. The number of ether oxygens (including phenoxy) is 1. The number of methoxy groups -OCH3 is 1. The minimum atomic E-state index is 0.151. The molecule has 3 nitrogen and oxygen atoms in total. The number of hydrogen-bond donors (Lipinski definition) is 0. The minimum absolute atomic E-state index is 0.151. The van der Waals surface area contributed by atoms with E-state index >= 15 is 0 Å². The first-order valence-corrected chi connectivity index (χ1v) is 5.93. The molecule has 0 spiro atoms. The van der Waals surface area contributed by atoms with E-state index in [4.69, 9.17) is 4.74 Å². The summed E-state index contributed by atoms with van der Waals surface area (Å²) >= 11 is 0. The van der Waals surface area contributed by atoms with Crippen LogP contribution < -0.4 is 0 Å². The van der Waals surface area contributed by atoms with E-state index < -0.39 is 0 Å². The van der Waals surface area contributed by atoms with Crippen molar-refractivity contribution in [1.82, 2.24) is 4.90 Å². The molecule has 1 aliphatic rings. The Bertz CT molecular complexity index is 198. The zero-order chi connectivity index (χ0) is 11.3. The lowest BCUT2D eigenvalue weighted by atomic mass is 10.1. The summed E-state index contributed by atoms with van der Waals surface area (Å²) in [6.45, 7) is 5.40. The molecule has 1 aliphatic carbocycles. The van der Waals surface area contributed by atoms with E-state index in [2.05, 4.69) is 13.8 Å². The van der Waals surface area contributed by atoms with Gasteiger partial charge in [0.25, 0.3) is 0 Å². The predicted molar refractivity (Wildman–Crippen MR) is 60.7 cm³/mol. The molecule has 0 radical (unpaired) electrons. The highest BCUT2D eigenvalue weighted by Gasteiger charge is 2.26. The molecular weight excluding hydrogens is 190 g/mol. The van der Waals surface area contributed by atoms with Gasteiger partial charge in [0, 0.05) is 19.7 Å². The summed E-state index contributed by atoms with van der Waals surface area (Å²) in [7, 11) is 1.58. The summed E-state index contributed by atoms with van der Waals surface area (Å²) in [5.74, 6) is 0.685. The molecule has 0 aromatic carbocycles. The second kappa shape index (κ2) is 6.11. The lowest BCUT2D eigenvalue weighted by Crippen LogP contribution is -2.42. The third kappa shape index (κ3) is 3.82. The molecule has 3 heteroatoms. The highest BCUT2D eigenvalue weighted by molar-refractivity contribution is 5.77. The van der Waals surface area contributed by atoms with Crippen molar-refractivity contribution in [3.8, 4) is 0 Å². The zero-order valence-electron chi connectivity index (χ0n) is 10.2.